The summed E-state index contributed by atoms with van der Waals surface area (Å²) >= 11 is 0. The Morgan fingerprint density at radius 1 is 1.42 bits per heavy atom. The van der Waals surface area contributed by atoms with Crippen molar-refractivity contribution in [1.29, 1.82) is 0 Å². The zero-order chi connectivity index (χ0) is 13.7. The van der Waals surface area contributed by atoms with Crippen LogP contribution in [-0.2, 0) is 13.1 Å². The first-order valence-electron chi connectivity index (χ1n) is 6.05. The van der Waals surface area contributed by atoms with Crippen LogP contribution in [0.2, 0.25) is 0 Å². The molecule has 6 nitrogen and oxygen atoms in total. The highest BCUT2D eigenvalue weighted by atomic mass is 19.1. The van der Waals surface area contributed by atoms with Gasteiger partial charge in [0.05, 0.1) is 19.7 Å². The third-order valence-electron chi connectivity index (χ3n) is 2.45. The number of ether oxygens (including phenoxy) is 1. The zero-order valence-electron chi connectivity index (χ0n) is 10.9. The molecule has 19 heavy (non-hydrogen) atoms. The monoisotopic (exact) mass is 265 g/mol. The Kier molecular flexibility index (Phi) is 4.40. The molecule has 0 saturated heterocycles. The fourth-order valence-corrected chi connectivity index (χ4v) is 1.65. The molecule has 0 amide bonds. The van der Waals surface area contributed by atoms with Crippen molar-refractivity contribution < 1.29 is 9.13 Å². The second kappa shape index (κ2) is 6.24. The van der Waals surface area contributed by atoms with Crippen molar-refractivity contribution in [2.75, 3.05) is 13.7 Å². The first-order valence-corrected chi connectivity index (χ1v) is 6.05. The molecular weight excluding hydrogens is 249 g/mol. The summed E-state index contributed by atoms with van der Waals surface area (Å²) in [6, 6.07) is 4.82. The van der Waals surface area contributed by atoms with Gasteiger partial charge in [-0.15, -0.1) is 10.2 Å². The maximum absolute atomic E-state index is 13.7. The van der Waals surface area contributed by atoms with E-state index in [1.54, 1.807) is 12.1 Å². The average molecular weight is 265 g/mol. The minimum atomic E-state index is -0.380. The van der Waals surface area contributed by atoms with Crippen molar-refractivity contribution in [2.45, 2.75) is 20.0 Å². The van der Waals surface area contributed by atoms with Gasteiger partial charge in [0.15, 0.2) is 17.4 Å². The Morgan fingerprint density at radius 2 is 2.26 bits per heavy atom. The second-order valence-electron chi connectivity index (χ2n) is 3.96. The molecular formula is C12H16FN5O. The molecule has 1 aromatic carbocycles. The number of hydrogen-bond donors (Lipinski definition) is 1. The fourth-order valence-electron chi connectivity index (χ4n) is 1.65. The first kappa shape index (κ1) is 13.4. The van der Waals surface area contributed by atoms with Crippen molar-refractivity contribution in [3.63, 3.8) is 0 Å². The molecule has 1 N–H and O–H groups in total. The smallest absolute Gasteiger partial charge is 0.188 e. The highest BCUT2D eigenvalue weighted by Gasteiger charge is 2.07. The van der Waals surface area contributed by atoms with Crippen LogP contribution >= 0.6 is 0 Å². The van der Waals surface area contributed by atoms with Crippen molar-refractivity contribution in [3.8, 4) is 5.75 Å². The van der Waals surface area contributed by atoms with Gasteiger partial charge in [-0.25, -0.2) is 4.39 Å². The Hall–Kier alpha value is -2.02. The molecule has 0 aliphatic carbocycles. The van der Waals surface area contributed by atoms with Crippen molar-refractivity contribution in [1.82, 2.24) is 25.5 Å². The van der Waals surface area contributed by atoms with Crippen LogP contribution in [0.4, 0.5) is 4.39 Å². The summed E-state index contributed by atoms with van der Waals surface area (Å²) in [6.45, 7) is 3.18. The van der Waals surface area contributed by atoms with E-state index in [2.05, 4.69) is 20.7 Å². The number of rotatable bonds is 6. The van der Waals surface area contributed by atoms with E-state index >= 15 is 0 Å². The van der Waals surface area contributed by atoms with E-state index in [1.807, 2.05) is 14.0 Å². The highest BCUT2D eigenvalue weighted by Crippen LogP contribution is 2.18. The lowest BCUT2D eigenvalue weighted by atomic mass is 10.2. The fraction of sp³-hybridized carbons (Fsp3) is 0.417. The normalized spacial score (nSPS) is 10.7. The summed E-state index contributed by atoms with van der Waals surface area (Å²) in [6.07, 6.45) is 0. The van der Waals surface area contributed by atoms with E-state index in [0.29, 0.717) is 25.5 Å². The van der Waals surface area contributed by atoms with Crippen LogP contribution in [0.25, 0.3) is 0 Å². The van der Waals surface area contributed by atoms with Crippen molar-refractivity contribution >= 4 is 0 Å². The Balaban J connectivity index is 2.07. The number of nitrogens with zero attached hydrogens (tertiary/aromatic N) is 4. The van der Waals surface area contributed by atoms with Crippen molar-refractivity contribution in [3.05, 3.63) is 35.4 Å². The largest absolute Gasteiger partial charge is 0.491 e. The topological polar surface area (TPSA) is 64.9 Å². The summed E-state index contributed by atoms with van der Waals surface area (Å²) in [5.74, 6) is 0.484. The maximum atomic E-state index is 13.7. The molecule has 2 aromatic rings. The van der Waals surface area contributed by atoms with Gasteiger partial charge in [0, 0.05) is 0 Å². The number of tetrazole rings is 1. The van der Waals surface area contributed by atoms with Crippen LogP contribution in [0.3, 0.4) is 0 Å². The summed E-state index contributed by atoms with van der Waals surface area (Å²) in [5, 5.41) is 14.9. The number of benzene rings is 1. The number of hydrogen-bond acceptors (Lipinski definition) is 5. The Morgan fingerprint density at radius 3 is 2.95 bits per heavy atom. The van der Waals surface area contributed by atoms with Crippen molar-refractivity contribution in [2.24, 2.45) is 0 Å². The molecule has 0 bridgehead atoms. The molecule has 0 saturated carbocycles. The number of halogens is 1. The molecule has 102 valence electrons. The van der Waals surface area contributed by atoms with Crippen LogP contribution in [0.1, 0.15) is 18.3 Å². The van der Waals surface area contributed by atoms with Crippen LogP contribution in [0.5, 0.6) is 5.75 Å². The molecule has 2 rings (SSSR count). The number of aromatic nitrogens is 4. The van der Waals surface area contributed by atoms with Gasteiger partial charge in [0.2, 0.25) is 0 Å². The molecule has 0 spiro atoms. The van der Waals surface area contributed by atoms with Gasteiger partial charge in [-0.05, 0) is 36.9 Å². The van der Waals surface area contributed by atoms with E-state index in [0.717, 1.165) is 5.56 Å². The molecule has 0 unspecified atom stereocenters. The lowest BCUT2D eigenvalue weighted by molar-refractivity contribution is 0.321. The molecule has 0 aliphatic rings. The molecule has 0 aliphatic heterocycles. The van der Waals surface area contributed by atoms with Gasteiger partial charge < -0.3 is 10.1 Å². The average Bonchev–Trinajstić information content (AvgIpc) is 2.81. The van der Waals surface area contributed by atoms with E-state index in [1.165, 1.54) is 10.9 Å². The third-order valence-corrected chi connectivity index (χ3v) is 2.45. The van der Waals surface area contributed by atoms with E-state index in [4.69, 9.17) is 4.74 Å². The second-order valence-corrected chi connectivity index (χ2v) is 3.96. The molecule has 1 heterocycles. The summed E-state index contributed by atoms with van der Waals surface area (Å²) < 4.78 is 18.8. The molecule has 0 atom stereocenters. The quantitative estimate of drug-likeness (QED) is 0.843. The highest BCUT2D eigenvalue weighted by molar-refractivity contribution is 5.29. The lowest BCUT2D eigenvalue weighted by Crippen LogP contribution is -2.08. The van der Waals surface area contributed by atoms with Crippen LogP contribution in [-0.4, -0.2) is 33.9 Å². The van der Waals surface area contributed by atoms with E-state index in [-0.39, 0.29) is 11.6 Å². The van der Waals surface area contributed by atoms with Gasteiger partial charge in [0.1, 0.15) is 0 Å². The standard InChI is InChI=1S/C12H16FN5O/c1-3-19-11-5-4-9(6-10(11)13)8-18-16-12(7-14-2)15-17-18/h4-6,14H,3,7-8H2,1-2H3. The maximum Gasteiger partial charge on any atom is 0.188 e. The molecule has 1 aromatic heterocycles. The van der Waals surface area contributed by atoms with Gasteiger partial charge in [-0.1, -0.05) is 6.07 Å². The predicted octanol–water partition coefficient (Wildman–Crippen LogP) is 0.979. The SMILES string of the molecule is CCOc1ccc(Cn2nnc(CNC)n2)cc1F. The Labute approximate surface area is 110 Å². The summed E-state index contributed by atoms with van der Waals surface area (Å²) in [4.78, 5) is 1.43. The van der Waals surface area contributed by atoms with Gasteiger partial charge in [-0.3, -0.25) is 0 Å². The zero-order valence-corrected chi connectivity index (χ0v) is 10.9. The van der Waals surface area contributed by atoms with E-state index < -0.39 is 0 Å². The van der Waals surface area contributed by atoms with Crippen LogP contribution < -0.4 is 10.1 Å². The van der Waals surface area contributed by atoms with Crippen LogP contribution in [0, 0.1) is 5.82 Å². The lowest BCUT2D eigenvalue weighted by Gasteiger charge is -2.06. The van der Waals surface area contributed by atoms with Gasteiger partial charge in [0.25, 0.3) is 0 Å². The third kappa shape index (κ3) is 3.47. The first-order chi connectivity index (χ1) is 9.22. The van der Waals surface area contributed by atoms with Crippen LogP contribution in [0.15, 0.2) is 18.2 Å². The minimum absolute atomic E-state index is 0.258. The Bertz CT molecular complexity index is 543. The molecule has 0 radical (unpaired) electrons. The molecule has 0 fully saturated rings. The van der Waals surface area contributed by atoms with Gasteiger partial charge in [-0.2, -0.15) is 4.80 Å². The van der Waals surface area contributed by atoms with E-state index in [9.17, 15) is 4.39 Å². The van der Waals surface area contributed by atoms with Gasteiger partial charge >= 0.3 is 0 Å². The summed E-state index contributed by atoms with van der Waals surface area (Å²) in [5.41, 5.74) is 0.759. The summed E-state index contributed by atoms with van der Waals surface area (Å²) in [7, 11) is 1.81. The molecule has 7 heteroatoms. The predicted molar refractivity (Wildman–Crippen MR) is 67.3 cm³/mol. The minimum Gasteiger partial charge on any atom is -0.491 e. The number of nitrogens with one attached hydrogen (secondary N) is 1.